The third kappa shape index (κ3) is 3.91. The van der Waals surface area contributed by atoms with Gasteiger partial charge in [0.2, 0.25) is 0 Å². The van der Waals surface area contributed by atoms with Gasteiger partial charge < -0.3 is 18.9 Å². The molecule has 0 aromatic rings. The zero-order valence-electron chi connectivity index (χ0n) is 10.3. The van der Waals surface area contributed by atoms with Gasteiger partial charge in [-0.3, -0.25) is 0 Å². The Balaban J connectivity index is 1.30. The number of epoxide rings is 2. The van der Waals surface area contributed by atoms with Crippen LogP contribution in [0, 0.1) is 11.8 Å². The molecule has 17 heavy (non-hydrogen) atoms. The molecule has 0 aromatic heterocycles. The minimum Gasteiger partial charge on any atom is -0.378 e. The molecule has 1 saturated carbocycles. The number of rotatable bonds is 8. The number of hydrogen-bond acceptors (Lipinski definition) is 4. The highest BCUT2D eigenvalue weighted by Gasteiger charge is 2.30. The van der Waals surface area contributed by atoms with Crippen LogP contribution >= 0.6 is 0 Å². The molecule has 2 heterocycles. The van der Waals surface area contributed by atoms with Gasteiger partial charge in [-0.15, -0.1) is 0 Å². The van der Waals surface area contributed by atoms with Crippen molar-refractivity contribution in [3.8, 4) is 0 Å². The summed E-state index contributed by atoms with van der Waals surface area (Å²) in [5.74, 6) is 1.38. The van der Waals surface area contributed by atoms with E-state index in [9.17, 15) is 0 Å². The predicted molar refractivity (Wildman–Crippen MR) is 61.9 cm³/mol. The third-order valence-electron chi connectivity index (χ3n) is 3.89. The van der Waals surface area contributed by atoms with Crippen molar-refractivity contribution in [2.45, 2.75) is 31.5 Å². The summed E-state index contributed by atoms with van der Waals surface area (Å²) in [5, 5.41) is 0. The SMILES string of the molecule is C1CC(COCC2CO2)C(COCC2CO2)C1. The smallest absolute Gasteiger partial charge is 0.104 e. The van der Waals surface area contributed by atoms with Gasteiger partial charge in [0.05, 0.1) is 26.4 Å². The van der Waals surface area contributed by atoms with E-state index >= 15 is 0 Å². The second-order valence-corrected chi connectivity index (χ2v) is 5.44. The summed E-state index contributed by atoms with van der Waals surface area (Å²) < 4.78 is 21.7. The monoisotopic (exact) mass is 242 g/mol. The summed E-state index contributed by atoms with van der Waals surface area (Å²) in [6, 6.07) is 0. The van der Waals surface area contributed by atoms with Crippen LogP contribution in [0.1, 0.15) is 19.3 Å². The molecule has 0 aromatic carbocycles. The van der Waals surface area contributed by atoms with Gasteiger partial charge in [0, 0.05) is 13.2 Å². The van der Waals surface area contributed by atoms with Crippen molar-refractivity contribution < 1.29 is 18.9 Å². The van der Waals surface area contributed by atoms with E-state index < -0.39 is 0 Å². The van der Waals surface area contributed by atoms with Crippen molar-refractivity contribution >= 4 is 0 Å². The maximum Gasteiger partial charge on any atom is 0.104 e. The summed E-state index contributed by atoms with van der Waals surface area (Å²) in [4.78, 5) is 0. The van der Waals surface area contributed by atoms with Gasteiger partial charge >= 0.3 is 0 Å². The van der Waals surface area contributed by atoms with Crippen LogP contribution in [0.5, 0.6) is 0 Å². The van der Waals surface area contributed by atoms with Gasteiger partial charge in [0.15, 0.2) is 0 Å². The van der Waals surface area contributed by atoms with E-state index in [1.165, 1.54) is 19.3 Å². The van der Waals surface area contributed by atoms with Gasteiger partial charge in [-0.25, -0.2) is 0 Å². The summed E-state index contributed by atoms with van der Waals surface area (Å²) in [6.07, 6.45) is 4.68. The molecule has 4 atom stereocenters. The second kappa shape index (κ2) is 5.65. The highest BCUT2D eigenvalue weighted by Crippen LogP contribution is 2.32. The lowest BCUT2D eigenvalue weighted by Gasteiger charge is -2.19. The molecule has 3 rings (SSSR count). The maximum atomic E-state index is 5.71. The molecule has 3 aliphatic rings. The van der Waals surface area contributed by atoms with Crippen molar-refractivity contribution in [1.29, 1.82) is 0 Å². The Labute approximate surface area is 103 Å². The Hall–Kier alpha value is -0.160. The average Bonchev–Trinajstić information content (AvgIpc) is 3.22. The highest BCUT2D eigenvalue weighted by molar-refractivity contribution is 4.78. The van der Waals surface area contributed by atoms with Gasteiger partial charge in [-0.1, -0.05) is 6.42 Å². The van der Waals surface area contributed by atoms with E-state index in [1.807, 2.05) is 0 Å². The average molecular weight is 242 g/mol. The lowest BCUT2D eigenvalue weighted by atomic mass is 9.98. The van der Waals surface area contributed by atoms with E-state index in [4.69, 9.17) is 18.9 Å². The molecule has 4 heteroatoms. The van der Waals surface area contributed by atoms with Crippen molar-refractivity contribution in [2.24, 2.45) is 11.8 Å². The topological polar surface area (TPSA) is 43.5 Å². The molecule has 4 nitrogen and oxygen atoms in total. The molecule has 0 radical (unpaired) electrons. The molecule has 2 aliphatic heterocycles. The van der Waals surface area contributed by atoms with E-state index in [0.29, 0.717) is 24.0 Å². The molecule has 0 spiro atoms. The molecule has 4 unspecified atom stereocenters. The fraction of sp³-hybridized carbons (Fsp3) is 1.00. The Kier molecular flexibility index (Phi) is 3.96. The van der Waals surface area contributed by atoms with Crippen LogP contribution in [0.4, 0.5) is 0 Å². The summed E-state index contributed by atoms with van der Waals surface area (Å²) >= 11 is 0. The van der Waals surface area contributed by atoms with Crippen LogP contribution in [0.15, 0.2) is 0 Å². The highest BCUT2D eigenvalue weighted by atomic mass is 16.6. The maximum absolute atomic E-state index is 5.71. The minimum absolute atomic E-state index is 0.387. The first-order valence-corrected chi connectivity index (χ1v) is 6.80. The van der Waals surface area contributed by atoms with Crippen molar-refractivity contribution in [3.63, 3.8) is 0 Å². The molecule has 1 aliphatic carbocycles. The van der Waals surface area contributed by atoms with E-state index in [1.54, 1.807) is 0 Å². The Bertz CT molecular complexity index is 214. The second-order valence-electron chi connectivity index (χ2n) is 5.44. The normalized spacial score (nSPS) is 39.5. The lowest BCUT2D eigenvalue weighted by Crippen LogP contribution is -2.21. The van der Waals surface area contributed by atoms with Crippen LogP contribution in [0.2, 0.25) is 0 Å². The molecular formula is C13H22O4. The first kappa shape index (κ1) is 11.9. The first-order valence-electron chi connectivity index (χ1n) is 6.80. The number of ether oxygens (including phenoxy) is 4. The Morgan fingerprint density at radius 1 is 0.765 bits per heavy atom. The van der Waals surface area contributed by atoms with Crippen LogP contribution in [-0.4, -0.2) is 51.8 Å². The summed E-state index contributed by atoms with van der Waals surface area (Å²) in [5.41, 5.74) is 0. The quantitative estimate of drug-likeness (QED) is 0.601. The molecule has 0 amide bonds. The van der Waals surface area contributed by atoms with Crippen LogP contribution < -0.4 is 0 Å². The van der Waals surface area contributed by atoms with E-state index in [-0.39, 0.29) is 0 Å². The van der Waals surface area contributed by atoms with E-state index in [2.05, 4.69) is 0 Å². The summed E-state index contributed by atoms with van der Waals surface area (Å²) in [6.45, 7) is 5.10. The predicted octanol–water partition coefficient (Wildman–Crippen LogP) is 1.23. The molecule has 3 fully saturated rings. The molecule has 2 saturated heterocycles. The lowest BCUT2D eigenvalue weighted by molar-refractivity contribution is 0.0354. The molecule has 0 N–H and O–H groups in total. The zero-order valence-corrected chi connectivity index (χ0v) is 10.3. The van der Waals surface area contributed by atoms with Crippen molar-refractivity contribution in [3.05, 3.63) is 0 Å². The molecular weight excluding hydrogens is 220 g/mol. The van der Waals surface area contributed by atoms with Crippen LogP contribution in [0.3, 0.4) is 0 Å². The Morgan fingerprint density at radius 3 is 1.65 bits per heavy atom. The Morgan fingerprint density at radius 2 is 1.24 bits per heavy atom. The van der Waals surface area contributed by atoms with Gasteiger partial charge in [-0.2, -0.15) is 0 Å². The van der Waals surface area contributed by atoms with Crippen molar-refractivity contribution in [1.82, 2.24) is 0 Å². The van der Waals surface area contributed by atoms with Gasteiger partial charge in [-0.05, 0) is 24.7 Å². The van der Waals surface area contributed by atoms with Gasteiger partial charge in [0.1, 0.15) is 12.2 Å². The largest absolute Gasteiger partial charge is 0.378 e. The zero-order chi connectivity index (χ0) is 11.5. The van der Waals surface area contributed by atoms with E-state index in [0.717, 1.165) is 39.6 Å². The number of hydrogen-bond donors (Lipinski definition) is 0. The molecule has 98 valence electrons. The summed E-state index contributed by atoms with van der Waals surface area (Å²) in [7, 11) is 0. The van der Waals surface area contributed by atoms with Crippen molar-refractivity contribution in [2.75, 3.05) is 39.6 Å². The fourth-order valence-corrected chi connectivity index (χ4v) is 2.58. The fourth-order valence-electron chi connectivity index (χ4n) is 2.58. The molecule has 0 bridgehead atoms. The third-order valence-corrected chi connectivity index (χ3v) is 3.89. The van der Waals surface area contributed by atoms with Gasteiger partial charge in [0.25, 0.3) is 0 Å². The standard InChI is InChI=1S/C13H22O4/c1-2-10(4-14-6-12-8-16-12)11(3-1)5-15-7-13-9-17-13/h10-13H,1-9H2. The first-order chi connectivity index (χ1) is 8.42. The van der Waals surface area contributed by atoms with Crippen LogP contribution in [-0.2, 0) is 18.9 Å². The van der Waals surface area contributed by atoms with Crippen LogP contribution in [0.25, 0.3) is 0 Å². The minimum atomic E-state index is 0.387.